The van der Waals surface area contributed by atoms with Gasteiger partial charge < -0.3 is 60.6 Å². The molecule has 6 amide bonds. The third kappa shape index (κ3) is 34.3. The Morgan fingerprint density at radius 2 is 0.691 bits per heavy atom. The molecule has 3 aromatic heterocycles. The van der Waals surface area contributed by atoms with E-state index in [-0.39, 0.29) is 58.2 Å². The lowest BCUT2D eigenvalue weighted by Crippen LogP contribution is -2.44. The number of morpholine rings is 1. The summed E-state index contributed by atoms with van der Waals surface area (Å²) in [5.41, 5.74) is 10.2. The summed E-state index contributed by atoms with van der Waals surface area (Å²) in [7, 11) is 6.84. The minimum absolute atomic E-state index is 0.000639. The second kappa shape index (κ2) is 56.6. The fraction of sp³-hybridized carbons (Fsp3) is 0.241. The van der Waals surface area contributed by atoms with Gasteiger partial charge >= 0.3 is 0 Å². The van der Waals surface area contributed by atoms with Crippen LogP contribution in [0.5, 0.6) is 17.2 Å². The van der Waals surface area contributed by atoms with Crippen LogP contribution in [0.4, 0.5) is 32.8 Å². The number of halogens is 1. The van der Waals surface area contributed by atoms with Crippen molar-refractivity contribution in [3.63, 3.8) is 0 Å². The van der Waals surface area contributed by atoms with Crippen molar-refractivity contribution in [2.24, 2.45) is 0 Å². The largest absolute Gasteiger partial charge is 0.497 e. The summed E-state index contributed by atoms with van der Waals surface area (Å²) in [5, 5.41) is 16.8. The van der Waals surface area contributed by atoms with E-state index in [2.05, 4.69) is 105 Å². The first-order valence-corrected chi connectivity index (χ1v) is 46.3. The number of methoxy groups -OCH3 is 3. The smallest absolute Gasteiger partial charge is 0.258 e. The second-order valence-corrected chi connectivity index (χ2v) is 32.7. The number of hydrogen-bond acceptors (Lipinski definition) is 20. The van der Waals surface area contributed by atoms with Crippen molar-refractivity contribution in [3.05, 3.63) is 400 Å². The molecule has 716 valence electrons. The van der Waals surface area contributed by atoms with Crippen LogP contribution in [0.3, 0.4) is 0 Å². The van der Waals surface area contributed by atoms with E-state index in [0.29, 0.717) is 128 Å². The number of ether oxygens (including phenoxy) is 4. The summed E-state index contributed by atoms with van der Waals surface area (Å²) >= 11 is 0. The molecule has 2 fully saturated rings. The number of carbonyl (C=O) groups excluding carboxylic acids is 10. The molecule has 26 nitrogen and oxygen atoms in total. The summed E-state index contributed by atoms with van der Waals surface area (Å²) in [6.07, 6.45) is 17.5. The van der Waals surface area contributed by atoms with Gasteiger partial charge in [0, 0.05) is 135 Å². The molecule has 2 saturated heterocycles. The molecule has 13 aromatic rings. The Bertz CT molecular complexity index is 6150. The highest BCUT2D eigenvalue weighted by Gasteiger charge is 2.24. The lowest BCUT2D eigenvalue weighted by molar-refractivity contribution is 0.0371. The Balaban J connectivity index is 0.000000166. The van der Waals surface area contributed by atoms with Gasteiger partial charge in [-0.3, -0.25) is 67.8 Å². The van der Waals surface area contributed by atoms with Gasteiger partial charge in [0.15, 0.2) is 23.1 Å². The molecule has 10 aromatic carbocycles. The molecule has 0 aliphatic carbocycles. The Labute approximate surface area is 810 Å². The van der Waals surface area contributed by atoms with Gasteiger partial charge in [0.25, 0.3) is 35.4 Å². The fourth-order valence-electron chi connectivity index (χ4n) is 15.1. The van der Waals surface area contributed by atoms with Crippen molar-refractivity contribution in [1.82, 2.24) is 35.0 Å². The third-order valence-electron chi connectivity index (χ3n) is 22.8. The third-order valence-corrected chi connectivity index (χ3v) is 22.8. The molecule has 27 heteroatoms. The van der Waals surface area contributed by atoms with Crippen molar-refractivity contribution >= 4 is 87.0 Å². The molecule has 0 saturated carbocycles. The Morgan fingerprint density at radius 1 is 0.317 bits per heavy atom. The number of nitrogens with zero attached hydrogens (tertiary/aromatic N) is 6. The monoisotopic (exact) mass is 1870 g/mol. The maximum absolute atomic E-state index is 13.8. The zero-order valence-corrected chi connectivity index (χ0v) is 78.6. The van der Waals surface area contributed by atoms with Gasteiger partial charge in [0.1, 0.15) is 23.1 Å². The predicted octanol–water partition coefficient (Wildman–Crippen LogP) is 19.3. The lowest BCUT2D eigenvalue weighted by Gasteiger charge is -2.32. The molecule has 0 spiro atoms. The summed E-state index contributed by atoms with van der Waals surface area (Å²) in [6.45, 7) is 9.89. The maximum atomic E-state index is 13.8. The summed E-state index contributed by atoms with van der Waals surface area (Å²) in [4.78, 5) is 145. The first-order chi connectivity index (χ1) is 67.8. The number of likely N-dealkylation sites (N-methyl/N-ethyl adjacent to an activating group) is 1. The van der Waals surface area contributed by atoms with Crippen molar-refractivity contribution in [2.75, 3.05) is 127 Å². The highest BCUT2D eigenvalue weighted by molar-refractivity contribution is 6.13. The van der Waals surface area contributed by atoms with Gasteiger partial charge in [-0.15, -0.1) is 0 Å². The lowest BCUT2D eigenvalue weighted by atomic mass is 10.0. The molecule has 0 atom stereocenters. The Hall–Kier alpha value is -15.7. The fourth-order valence-corrected chi connectivity index (χ4v) is 15.1. The van der Waals surface area contributed by atoms with Crippen LogP contribution in [0.1, 0.15) is 178 Å². The number of amides is 6. The van der Waals surface area contributed by atoms with Crippen LogP contribution in [0, 0.1) is 5.82 Å². The number of nitrogens with one attached hydrogen (secondary N) is 6. The molecule has 139 heavy (non-hydrogen) atoms. The van der Waals surface area contributed by atoms with Gasteiger partial charge in [-0.2, -0.15) is 0 Å². The number of carbonyl (C=O) groups is 10. The normalized spacial score (nSPS) is 12.2. The number of benzene rings is 10. The topological polar surface area (TPSA) is 328 Å². The van der Waals surface area contributed by atoms with Gasteiger partial charge in [-0.25, -0.2) is 4.39 Å². The number of aryl methyl sites for hydroxylation is 3. The van der Waals surface area contributed by atoms with E-state index in [1.807, 2.05) is 72.8 Å². The zero-order chi connectivity index (χ0) is 98.1. The van der Waals surface area contributed by atoms with Crippen LogP contribution in [-0.4, -0.2) is 189 Å². The zero-order valence-electron chi connectivity index (χ0n) is 78.6. The maximum Gasteiger partial charge on any atom is 0.258 e. The first kappa shape index (κ1) is 104. The second-order valence-electron chi connectivity index (χ2n) is 32.7. The average Bonchev–Trinajstić information content (AvgIpc) is 0.851. The highest BCUT2D eigenvalue weighted by Crippen LogP contribution is 2.27. The van der Waals surface area contributed by atoms with Crippen LogP contribution in [0.25, 0.3) is 0 Å². The first-order valence-electron chi connectivity index (χ1n) is 46.3. The predicted molar refractivity (Wildman–Crippen MR) is 540 cm³/mol. The molecule has 5 heterocycles. The van der Waals surface area contributed by atoms with Gasteiger partial charge in [-0.05, 0) is 228 Å². The number of hydrogen-bond donors (Lipinski definition) is 6. The van der Waals surface area contributed by atoms with Gasteiger partial charge in [-0.1, -0.05) is 146 Å². The van der Waals surface area contributed by atoms with Crippen LogP contribution < -0.4 is 46.1 Å². The van der Waals surface area contributed by atoms with Crippen LogP contribution in [-0.2, 0) is 24.0 Å². The molecular formula is C112H117FN12O14. The Kier molecular flexibility index (Phi) is 42.3. The van der Waals surface area contributed by atoms with E-state index < -0.39 is 11.7 Å². The minimum atomic E-state index is -0.608. The summed E-state index contributed by atoms with van der Waals surface area (Å²) < 4.78 is 34.5. The van der Waals surface area contributed by atoms with Crippen molar-refractivity contribution in [1.29, 1.82) is 0 Å². The molecule has 6 N–H and O–H groups in total. The molecule has 15 rings (SSSR count). The number of pyridine rings is 3. The number of anilines is 5. The minimum Gasteiger partial charge on any atom is -0.497 e. The van der Waals surface area contributed by atoms with Gasteiger partial charge in [0.2, 0.25) is 0 Å². The molecule has 2 aliphatic heterocycles. The van der Waals surface area contributed by atoms with E-state index in [9.17, 15) is 52.3 Å². The van der Waals surface area contributed by atoms with E-state index >= 15 is 0 Å². The summed E-state index contributed by atoms with van der Waals surface area (Å²) in [6, 6.07) is 84.2. The quantitative estimate of drug-likeness (QED) is 0.0155. The van der Waals surface area contributed by atoms with Crippen molar-refractivity contribution in [3.8, 4) is 17.2 Å². The standard InChI is InChI=1S/C23H21FN2O2.C23H29N3O3.C23H22N2O3.C22H20N2O2.C21H25N3O4/c24-20-14-6-4-12-18(20)23(28)26-21-15-7-5-13-19(21)22(27)25-16-8-11-17-9-2-1-3-10-17;1-25-13-15-26(16-14-25)12-6-11-22(27)20-9-3-4-10-21(20)24-23(28)18-7-5-8-19(17-18)29-2;1-28-19-12-10-18(11-13-19)23(27)25-21-16-24-15-14-20(21)22(26)9-5-8-17-6-3-2-4-7-17;25-21(14-6-10-17-8-2-1-3-9-17)19-12-4-5-13-20(19)24-22(26)18-11-7-15-23-16-18;1-27-17-6-4-16(5-7-17)21(26)23-19-15-22-9-8-18(19)20(25)3-2-10-24-11-13-28-14-12-24/h1-7,9-10,12-15H,8,11,16H2,(H,25,27)(H,26,28);3-5,7-10,17H,6,11-16H2,1-2H3,(H,24,28);2-4,6-7,10-16H,5,8-9H2,1H3,(H,25,27);1-5,7-9,11-13,15-16H,6,10,14H2,(H,24,26);4-9,15H,2-3,10-14H2,1H3,(H,23,26). The van der Waals surface area contributed by atoms with E-state index in [1.165, 1.54) is 53.5 Å². The van der Waals surface area contributed by atoms with Crippen LogP contribution in [0.2, 0.25) is 0 Å². The SMILES string of the molecule is COc1ccc(C(=O)Nc2cnccc2C(=O)CCCN2CCOCC2)cc1.COc1ccc(C(=O)Nc2cnccc2C(=O)CCCc2ccccc2)cc1.COc1cccc(C(=O)Nc2ccccc2C(=O)CCCN2CCN(C)CC2)c1.O=C(Nc1ccccc1C(=O)CCCc1ccccc1)c1cccnc1.O=C(Nc1ccccc1C(=O)NCCCc1ccccc1)c1ccccc1F. The highest BCUT2D eigenvalue weighted by atomic mass is 19.1. The molecule has 0 unspecified atom stereocenters. The average molecular weight is 1870 g/mol. The van der Waals surface area contributed by atoms with Gasteiger partial charge in [0.05, 0.1) is 92.1 Å². The molecular weight excluding hydrogens is 1760 g/mol. The molecule has 0 radical (unpaired) electrons. The van der Waals surface area contributed by atoms with Crippen LogP contribution >= 0.6 is 0 Å². The number of aromatic nitrogens is 3. The Morgan fingerprint density at radius 3 is 1.15 bits per heavy atom. The van der Waals surface area contributed by atoms with Crippen molar-refractivity contribution in [2.45, 2.75) is 77.0 Å². The number of para-hydroxylation sites is 3. The number of Topliss-reactive ketones (excluding diaryl/α,β-unsaturated/α-hetero) is 4. The summed E-state index contributed by atoms with van der Waals surface area (Å²) in [5.74, 6) is -0.570. The molecule has 2 aliphatic rings. The van der Waals surface area contributed by atoms with E-state index in [0.717, 1.165) is 117 Å². The van der Waals surface area contributed by atoms with Crippen LogP contribution in [0.15, 0.2) is 322 Å². The molecule has 0 bridgehead atoms. The number of ketones is 4. The number of rotatable bonds is 38. The van der Waals surface area contributed by atoms with E-state index in [1.54, 1.807) is 198 Å². The number of piperazine rings is 1. The van der Waals surface area contributed by atoms with E-state index in [4.69, 9.17) is 18.9 Å². The van der Waals surface area contributed by atoms with Crippen molar-refractivity contribution < 1.29 is 71.3 Å².